The lowest BCUT2D eigenvalue weighted by Crippen LogP contribution is -2.13. The number of hydrogen-bond donors (Lipinski definition) is 2. The van der Waals surface area contributed by atoms with Crippen molar-refractivity contribution in [2.24, 2.45) is 0 Å². The third kappa shape index (κ3) is 2.11. The van der Waals surface area contributed by atoms with Crippen LogP contribution in [0.15, 0.2) is 35.4 Å². The Hall–Kier alpha value is -1.82. The smallest absolute Gasteiger partial charge is 0.180 e. The van der Waals surface area contributed by atoms with Crippen molar-refractivity contribution in [2.75, 3.05) is 5.73 Å². The highest BCUT2D eigenvalue weighted by Crippen LogP contribution is 2.25. The molecular formula is C12H15N3O2S. The summed E-state index contributed by atoms with van der Waals surface area (Å²) in [6, 6.07) is 6.65. The van der Waals surface area contributed by atoms with Crippen molar-refractivity contribution in [1.82, 2.24) is 10.2 Å². The van der Waals surface area contributed by atoms with E-state index < -0.39 is 15.1 Å². The summed E-state index contributed by atoms with van der Waals surface area (Å²) in [5, 5.41) is 6.04. The van der Waals surface area contributed by atoms with Crippen molar-refractivity contribution >= 4 is 15.7 Å². The quantitative estimate of drug-likeness (QED) is 0.886. The van der Waals surface area contributed by atoms with Crippen LogP contribution in [0, 0.1) is 0 Å². The van der Waals surface area contributed by atoms with Crippen LogP contribution in [0.3, 0.4) is 0 Å². The number of H-pyrrole nitrogens is 1. The van der Waals surface area contributed by atoms with Gasteiger partial charge in [0.1, 0.15) is 5.82 Å². The predicted molar refractivity (Wildman–Crippen MR) is 70.8 cm³/mol. The van der Waals surface area contributed by atoms with Crippen LogP contribution in [0.5, 0.6) is 0 Å². The number of anilines is 1. The summed E-state index contributed by atoms with van der Waals surface area (Å²) in [7, 11) is -3.23. The van der Waals surface area contributed by atoms with Crippen molar-refractivity contribution in [3.05, 3.63) is 30.5 Å². The molecule has 1 aromatic carbocycles. The molecule has 0 unspecified atom stereocenters. The summed E-state index contributed by atoms with van der Waals surface area (Å²) in [6.45, 7) is 3.33. The van der Waals surface area contributed by atoms with Gasteiger partial charge in [0, 0.05) is 5.56 Å². The van der Waals surface area contributed by atoms with Gasteiger partial charge in [-0.25, -0.2) is 8.42 Å². The molecule has 1 heterocycles. The van der Waals surface area contributed by atoms with Gasteiger partial charge in [-0.1, -0.05) is 12.1 Å². The summed E-state index contributed by atoms with van der Waals surface area (Å²) < 4.78 is 23.9. The Labute approximate surface area is 106 Å². The lowest BCUT2D eigenvalue weighted by molar-refractivity contribution is 0.587. The van der Waals surface area contributed by atoms with Crippen LogP contribution in [-0.2, 0) is 9.84 Å². The minimum absolute atomic E-state index is 0.323. The highest BCUT2D eigenvalue weighted by Gasteiger charge is 2.18. The standard InChI is InChI=1S/C12H15N3O2S/c1-8(2)18(16,17)10-5-3-9(4-6-10)11-7-14-15-12(11)13/h3-8H,1-2H3,(H3,13,14,15). The van der Waals surface area contributed by atoms with Crippen LogP contribution in [0.25, 0.3) is 11.1 Å². The van der Waals surface area contributed by atoms with E-state index in [2.05, 4.69) is 10.2 Å². The van der Waals surface area contributed by atoms with E-state index in [1.165, 1.54) is 0 Å². The second-order valence-corrected chi connectivity index (χ2v) is 6.82. The van der Waals surface area contributed by atoms with Gasteiger partial charge in [0.25, 0.3) is 0 Å². The third-order valence-corrected chi connectivity index (χ3v) is 4.95. The first-order valence-electron chi connectivity index (χ1n) is 5.56. The zero-order valence-electron chi connectivity index (χ0n) is 10.2. The van der Waals surface area contributed by atoms with Gasteiger partial charge in [-0.3, -0.25) is 5.10 Å². The first-order valence-corrected chi connectivity index (χ1v) is 7.10. The Bertz CT molecular complexity index is 642. The normalized spacial score (nSPS) is 11.9. The number of hydrogen-bond acceptors (Lipinski definition) is 4. The van der Waals surface area contributed by atoms with E-state index in [1.54, 1.807) is 44.3 Å². The van der Waals surface area contributed by atoms with Gasteiger partial charge >= 0.3 is 0 Å². The molecule has 3 N–H and O–H groups in total. The molecular weight excluding hydrogens is 250 g/mol. The highest BCUT2D eigenvalue weighted by molar-refractivity contribution is 7.92. The molecule has 0 saturated heterocycles. The molecule has 0 atom stereocenters. The molecule has 0 saturated carbocycles. The van der Waals surface area contributed by atoms with Gasteiger partial charge in [-0.05, 0) is 31.5 Å². The van der Waals surface area contributed by atoms with Gasteiger partial charge < -0.3 is 5.73 Å². The van der Waals surface area contributed by atoms with Crippen LogP contribution in [0.4, 0.5) is 5.82 Å². The number of nitrogen functional groups attached to an aromatic ring is 1. The molecule has 0 aliphatic rings. The lowest BCUT2D eigenvalue weighted by atomic mass is 10.1. The lowest BCUT2D eigenvalue weighted by Gasteiger charge is -2.08. The maximum atomic E-state index is 12.0. The number of aromatic nitrogens is 2. The number of aromatic amines is 1. The predicted octanol–water partition coefficient (Wildman–Crippen LogP) is 1.84. The van der Waals surface area contributed by atoms with E-state index in [0.717, 1.165) is 11.1 Å². The molecule has 0 fully saturated rings. The summed E-state index contributed by atoms with van der Waals surface area (Å²) >= 11 is 0. The average molecular weight is 265 g/mol. The van der Waals surface area contributed by atoms with E-state index in [-0.39, 0.29) is 0 Å². The molecule has 0 aliphatic carbocycles. The molecule has 0 aliphatic heterocycles. The largest absolute Gasteiger partial charge is 0.384 e. The van der Waals surface area contributed by atoms with Crippen molar-refractivity contribution in [3.63, 3.8) is 0 Å². The SMILES string of the molecule is CC(C)S(=O)(=O)c1ccc(-c2cn[nH]c2N)cc1. The van der Waals surface area contributed by atoms with Crippen molar-refractivity contribution < 1.29 is 8.42 Å². The summed E-state index contributed by atoms with van der Waals surface area (Å²) in [5.41, 5.74) is 7.31. The highest BCUT2D eigenvalue weighted by atomic mass is 32.2. The summed E-state index contributed by atoms with van der Waals surface area (Å²) in [5.74, 6) is 0.467. The minimum Gasteiger partial charge on any atom is -0.384 e. The number of nitrogens with one attached hydrogen (secondary N) is 1. The topological polar surface area (TPSA) is 88.8 Å². The van der Waals surface area contributed by atoms with Gasteiger partial charge in [0.15, 0.2) is 9.84 Å². The first kappa shape index (κ1) is 12.6. The molecule has 0 amide bonds. The zero-order chi connectivity index (χ0) is 13.3. The number of nitrogens with zero attached hydrogens (tertiary/aromatic N) is 1. The maximum absolute atomic E-state index is 12.0. The van der Waals surface area contributed by atoms with Crippen LogP contribution in [-0.4, -0.2) is 23.9 Å². The number of sulfone groups is 1. The molecule has 2 rings (SSSR count). The van der Waals surface area contributed by atoms with Gasteiger partial charge in [0.2, 0.25) is 0 Å². The molecule has 96 valence electrons. The Balaban J connectivity index is 2.41. The van der Waals surface area contributed by atoms with E-state index in [0.29, 0.717) is 10.7 Å². The van der Waals surface area contributed by atoms with Crippen LogP contribution >= 0.6 is 0 Å². The Morgan fingerprint density at radius 1 is 1.22 bits per heavy atom. The molecule has 2 aromatic rings. The first-order chi connectivity index (χ1) is 8.43. The number of rotatable bonds is 3. The fraction of sp³-hybridized carbons (Fsp3) is 0.250. The average Bonchev–Trinajstić information content (AvgIpc) is 2.75. The Morgan fingerprint density at radius 2 is 1.83 bits per heavy atom. The third-order valence-electron chi connectivity index (χ3n) is 2.78. The Morgan fingerprint density at radius 3 is 2.28 bits per heavy atom. The second-order valence-electron chi connectivity index (χ2n) is 4.32. The number of nitrogens with two attached hydrogens (primary N) is 1. The van der Waals surface area contributed by atoms with E-state index >= 15 is 0 Å². The fourth-order valence-corrected chi connectivity index (χ4v) is 2.68. The zero-order valence-corrected chi connectivity index (χ0v) is 11.0. The van der Waals surface area contributed by atoms with Crippen molar-refractivity contribution in [3.8, 4) is 11.1 Å². The molecule has 0 spiro atoms. The van der Waals surface area contributed by atoms with Gasteiger partial charge in [0.05, 0.1) is 16.3 Å². The molecule has 6 heteroatoms. The molecule has 1 aromatic heterocycles. The molecule has 0 radical (unpaired) electrons. The Kier molecular flexibility index (Phi) is 3.13. The maximum Gasteiger partial charge on any atom is 0.180 e. The van der Waals surface area contributed by atoms with Crippen LogP contribution in [0.1, 0.15) is 13.8 Å². The fourth-order valence-electron chi connectivity index (χ4n) is 1.62. The van der Waals surface area contributed by atoms with E-state index in [4.69, 9.17) is 5.73 Å². The second kappa shape index (κ2) is 4.45. The van der Waals surface area contributed by atoms with Crippen LogP contribution in [0.2, 0.25) is 0 Å². The molecule has 18 heavy (non-hydrogen) atoms. The molecule has 0 bridgehead atoms. The minimum atomic E-state index is -3.23. The summed E-state index contributed by atoms with van der Waals surface area (Å²) in [4.78, 5) is 0.323. The van der Waals surface area contributed by atoms with Crippen LogP contribution < -0.4 is 5.73 Å². The summed E-state index contributed by atoms with van der Waals surface area (Å²) in [6.07, 6.45) is 1.61. The monoisotopic (exact) mass is 265 g/mol. The van der Waals surface area contributed by atoms with Gasteiger partial charge in [-0.2, -0.15) is 5.10 Å². The molecule has 5 nitrogen and oxygen atoms in total. The van der Waals surface area contributed by atoms with Crippen molar-refractivity contribution in [2.45, 2.75) is 24.0 Å². The van der Waals surface area contributed by atoms with Gasteiger partial charge in [-0.15, -0.1) is 0 Å². The van der Waals surface area contributed by atoms with E-state index in [9.17, 15) is 8.42 Å². The van der Waals surface area contributed by atoms with E-state index in [1.807, 2.05) is 0 Å². The van der Waals surface area contributed by atoms with Crippen molar-refractivity contribution in [1.29, 1.82) is 0 Å². The number of benzene rings is 1.